The summed E-state index contributed by atoms with van der Waals surface area (Å²) in [5.74, 6) is -1.00. The zero-order valence-electron chi connectivity index (χ0n) is 15.5. The standard InChI is InChI=1S/C22H16BrN3O4/c23-19-9-5-4-8-18(19)21(27)25-20(22(28)24-16-6-2-1-3-7-16)14-15-10-12-17(13-11-15)26(29)30/h1-14H,(H,24,28)(H,25,27)/b20-14+. The van der Waals surface area contributed by atoms with E-state index in [0.29, 0.717) is 21.3 Å². The fraction of sp³-hybridized carbons (Fsp3) is 0. The van der Waals surface area contributed by atoms with Gasteiger partial charge in [0.15, 0.2) is 0 Å². The van der Waals surface area contributed by atoms with E-state index in [1.807, 2.05) is 6.07 Å². The summed E-state index contributed by atoms with van der Waals surface area (Å²) in [7, 11) is 0. The van der Waals surface area contributed by atoms with E-state index >= 15 is 0 Å². The molecule has 30 heavy (non-hydrogen) atoms. The van der Waals surface area contributed by atoms with Gasteiger partial charge in [0.1, 0.15) is 5.70 Å². The number of non-ortho nitro benzene ring substituents is 1. The van der Waals surface area contributed by atoms with Crippen molar-refractivity contribution in [2.24, 2.45) is 0 Å². The first-order valence-corrected chi connectivity index (χ1v) is 9.62. The lowest BCUT2D eigenvalue weighted by Crippen LogP contribution is -2.31. The number of rotatable bonds is 6. The van der Waals surface area contributed by atoms with Crippen LogP contribution in [0.2, 0.25) is 0 Å². The Morgan fingerprint density at radius 1 is 0.900 bits per heavy atom. The minimum absolute atomic E-state index is 0.00606. The number of amides is 2. The summed E-state index contributed by atoms with van der Waals surface area (Å²) in [6, 6.07) is 21.3. The zero-order chi connectivity index (χ0) is 21.5. The number of para-hydroxylation sites is 1. The van der Waals surface area contributed by atoms with Gasteiger partial charge >= 0.3 is 0 Å². The van der Waals surface area contributed by atoms with Crippen LogP contribution in [-0.4, -0.2) is 16.7 Å². The van der Waals surface area contributed by atoms with E-state index in [9.17, 15) is 19.7 Å². The second-order valence-corrected chi connectivity index (χ2v) is 7.02. The second kappa shape index (κ2) is 9.62. The SMILES string of the molecule is O=C(Nc1ccccc1)/C(=C\c1ccc([N+](=O)[O-])cc1)NC(=O)c1ccccc1Br. The van der Waals surface area contributed by atoms with E-state index in [4.69, 9.17) is 0 Å². The van der Waals surface area contributed by atoms with Gasteiger partial charge in [-0.3, -0.25) is 19.7 Å². The van der Waals surface area contributed by atoms with Gasteiger partial charge in [-0.15, -0.1) is 0 Å². The van der Waals surface area contributed by atoms with Crippen molar-refractivity contribution in [2.75, 3.05) is 5.32 Å². The Labute approximate surface area is 180 Å². The van der Waals surface area contributed by atoms with Crippen LogP contribution in [0.15, 0.2) is 89.0 Å². The predicted octanol–water partition coefficient (Wildman–Crippen LogP) is 4.77. The number of nitro groups is 1. The molecule has 3 aromatic rings. The Kier molecular flexibility index (Phi) is 6.71. The van der Waals surface area contributed by atoms with Crippen molar-refractivity contribution in [1.82, 2.24) is 5.32 Å². The number of carbonyl (C=O) groups excluding carboxylic acids is 2. The fourth-order valence-corrected chi connectivity index (χ4v) is 3.04. The lowest BCUT2D eigenvalue weighted by Gasteiger charge is -2.12. The van der Waals surface area contributed by atoms with Crippen molar-refractivity contribution in [1.29, 1.82) is 0 Å². The molecule has 0 radical (unpaired) electrons. The lowest BCUT2D eigenvalue weighted by atomic mass is 10.1. The maximum absolute atomic E-state index is 12.8. The number of anilines is 1. The molecule has 7 nitrogen and oxygen atoms in total. The molecular weight excluding hydrogens is 450 g/mol. The van der Waals surface area contributed by atoms with Gasteiger partial charge in [0.05, 0.1) is 10.5 Å². The quantitative estimate of drug-likeness (QED) is 0.311. The molecule has 0 aromatic heterocycles. The summed E-state index contributed by atoms with van der Waals surface area (Å²) >= 11 is 3.32. The van der Waals surface area contributed by atoms with Crippen LogP contribution in [0, 0.1) is 10.1 Å². The first-order valence-electron chi connectivity index (χ1n) is 8.82. The average Bonchev–Trinajstić information content (AvgIpc) is 2.74. The van der Waals surface area contributed by atoms with Gasteiger partial charge in [-0.05, 0) is 64.0 Å². The van der Waals surface area contributed by atoms with Crippen LogP contribution >= 0.6 is 15.9 Å². The van der Waals surface area contributed by atoms with Crippen molar-refractivity contribution in [3.63, 3.8) is 0 Å². The van der Waals surface area contributed by atoms with Gasteiger partial charge in [0.2, 0.25) is 0 Å². The summed E-state index contributed by atoms with van der Waals surface area (Å²) in [4.78, 5) is 35.9. The number of hydrogen-bond acceptors (Lipinski definition) is 4. The van der Waals surface area contributed by atoms with Crippen molar-refractivity contribution in [3.05, 3.63) is 110 Å². The Morgan fingerprint density at radius 3 is 2.17 bits per heavy atom. The van der Waals surface area contributed by atoms with E-state index < -0.39 is 16.7 Å². The summed E-state index contributed by atoms with van der Waals surface area (Å²) in [5.41, 5.74) is 1.37. The van der Waals surface area contributed by atoms with E-state index in [0.717, 1.165) is 0 Å². The minimum atomic E-state index is -0.528. The van der Waals surface area contributed by atoms with Gasteiger partial charge < -0.3 is 10.6 Å². The highest BCUT2D eigenvalue weighted by atomic mass is 79.9. The van der Waals surface area contributed by atoms with Crippen molar-refractivity contribution in [2.45, 2.75) is 0 Å². The molecular formula is C22H16BrN3O4. The molecule has 0 spiro atoms. The molecule has 3 rings (SSSR count). The predicted molar refractivity (Wildman–Crippen MR) is 118 cm³/mol. The van der Waals surface area contributed by atoms with Crippen LogP contribution in [0.1, 0.15) is 15.9 Å². The van der Waals surface area contributed by atoms with Crippen molar-refractivity contribution >= 4 is 45.2 Å². The summed E-state index contributed by atoms with van der Waals surface area (Å²) < 4.78 is 0.584. The first-order chi connectivity index (χ1) is 14.4. The van der Waals surface area contributed by atoms with E-state index in [1.54, 1.807) is 48.5 Å². The highest BCUT2D eigenvalue weighted by Crippen LogP contribution is 2.18. The Bertz CT molecular complexity index is 1110. The van der Waals surface area contributed by atoms with Gasteiger partial charge in [-0.25, -0.2) is 0 Å². The Hall–Kier alpha value is -3.78. The van der Waals surface area contributed by atoms with Crippen LogP contribution in [0.5, 0.6) is 0 Å². The Morgan fingerprint density at radius 2 is 1.53 bits per heavy atom. The van der Waals surface area contributed by atoms with E-state index in [2.05, 4.69) is 26.6 Å². The molecule has 0 saturated heterocycles. The van der Waals surface area contributed by atoms with Gasteiger partial charge in [-0.1, -0.05) is 30.3 Å². The van der Waals surface area contributed by atoms with E-state index in [-0.39, 0.29) is 11.4 Å². The van der Waals surface area contributed by atoms with E-state index in [1.165, 1.54) is 30.3 Å². The molecule has 0 aliphatic heterocycles. The monoisotopic (exact) mass is 465 g/mol. The van der Waals surface area contributed by atoms with Crippen molar-refractivity contribution < 1.29 is 14.5 Å². The van der Waals surface area contributed by atoms with Crippen LogP contribution in [-0.2, 0) is 4.79 Å². The third-order valence-electron chi connectivity index (χ3n) is 4.06. The van der Waals surface area contributed by atoms with Gasteiger partial charge in [0, 0.05) is 22.3 Å². The largest absolute Gasteiger partial charge is 0.321 e. The fourth-order valence-electron chi connectivity index (χ4n) is 2.57. The molecule has 0 unspecified atom stereocenters. The van der Waals surface area contributed by atoms with Crippen LogP contribution in [0.25, 0.3) is 6.08 Å². The zero-order valence-corrected chi connectivity index (χ0v) is 17.1. The second-order valence-electron chi connectivity index (χ2n) is 6.16. The van der Waals surface area contributed by atoms with Crippen molar-refractivity contribution in [3.8, 4) is 0 Å². The van der Waals surface area contributed by atoms with Crippen LogP contribution < -0.4 is 10.6 Å². The summed E-state index contributed by atoms with van der Waals surface area (Å²) in [5, 5.41) is 16.2. The summed E-state index contributed by atoms with van der Waals surface area (Å²) in [6.07, 6.45) is 1.46. The molecule has 150 valence electrons. The molecule has 0 fully saturated rings. The topological polar surface area (TPSA) is 101 Å². The number of nitro benzene ring substituents is 1. The highest BCUT2D eigenvalue weighted by molar-refractivity contribution is 9.10. The van der Waals surface area contributed by atoms with Crippen LogP contribution in [0.3, 0.4) is 0 Å². The number of nitrogens with one attached hydrogen (secondary N) is 2. The summed E-state index contributed by atoms with van der Waals surface area (Å²) in [6.45, 7) is 0. The normalized spacial score (nSPS) is 10.9. The molecule has 3 aromatic carbocycles. The molecule has 2 N–H and O–H groups in total. The molecule has 0 saturated carbocycles. The molecule has 0 bridgehead atoms. The lowest BCUT2D eigenvalue weighted by molar-refractivity contribution is -0.384. The average molecular weight is 466 g/mol. The molecule has 0 atom stereocenters. The Balaban J connectivity index is 1.91. The number of benzene rings is 3. The van der Waals surface area contributed by atoms with Gasteiger partial charge in [0.25, 0.3) is 17.5 Å². The minimum Gasteiger partial charge on any atom is -0.321 e. The highest BCUT2D eigenvalue weighted by Gasteiger charge is 2.17. The third kappa shape index (κ3) is 5.39. The first kappa shape index (κ1) is 20.9. The maximum atomic E-state index is 12.8. The number of nitrogens with zero attached hydrogens (tertiary/aromatic N) is 1. The van der Waals surface area contributed by atoms with Gasteiger partial charge in [-0.2, -0.15) is 0 Å². The maximum Gasteiger partial charge on any atom is 0.272 e. The molecule has 0 aliphatic carbocycles. The smallest absolute Gasteiger partial charge is 0.272 e. The molecule has 8 heteroatoms. The third-order valence-corrected chi connectivity index (χ3v) is 4.75. The number of halogens is 1. The molecule has 2 amide bonds. The number of hydrogen-bond donors (Lipinski definition) is 2. The van der Waals surface area contributed by atoms with Crippen LogP contribution in [0.4, 0.5) is 11.4 Å². The molecule has 0 heterocycles. The molecule has 0 aliphatic rings. The number of carbonyl (C=O) groups is 2.